The van der Waals surface area contributed by atoms with Gasteiger partial charge in [0.05, 0.1) is 12.2 Å². The van der Waals surface area contributed by atoms with Crippen molar-refractivity contribution < 1.29 is 37.8 Å². The third-order valence-electron chi connectivity index (χ3n) is 4.68. The van der Waals surface area contributed by atoms with Crippen molar-refractivity contribution in [2.75, 3.05) is 0 Å². The molecule has 8 nitrogen and oxygen atoms in total. The summed E-state index contributed by atoms with van der Waals surface area (Å²) in [5.41, 5.74) is 0. The zero-order valence-corrected chi connectivity index (χ0v) is 14.1. The minimum atomic E-state index is -4.40. The lowest BCUT2D eigenvalue weighted by atomic mass is 9.72. The highest BCUT2D eigenvalue weighted by Crippen LogP contribution is 2.46. The summed E-state index contributed by atoms with van der Waals surface area (Å²) < 4.78 is 31.1. The maximum atomic E-state index is 10.8. The summed E-state index contributed by atoms with van der Waals surface area (Å²) >= 11 is 0. The van der Waals surface area contributed by atoms with Crippen LogP contribution in [0.4, 0.5) is 0 Å². The molecule has 0 aromatic carbocycles. The molecular weight excluding hydrogens is 334 g/mol. The predicted octanol–water partition coefficient (Wildman–Crippen LogP) is 2.32. The Morgan fingerprint density at radius 1 is 0.591 bits per heavy atom. The van der Waals surface area contributed by atoms with E-state index in [1.807, 2.05) is 0 Å². The molecule has 0 radical (unpaired) electrons. The quantitative estimate of drug-likeness (QED) is 0.550. The highest BCUT2D eigenvalue weighted by molar-refractivity contribution is 7.46. The zero-order chi connectivity index (χ0) is 16.4. The Morgan fingerprint density at radius 3 is 1.09 bits per heavy atom. The Labute approximate surface area is 129 Å². The van der Waals surface area contributed by atoms with E-state index in [0.29, 0.717) is 37.5 Å². The lowest BCUT2D eigenvalue weighted by Crippen LogP contribution is -2.30. The first-order chi connectivity index (χ1) is 10.1. The maximum Gasteiger partial charge on any atom is 0.469 e. The fourth-order valence-electron chi connectivity index (χ4n) is 3.72. The summed E-state index contributed by atoms with van der Waals surface area (Å²) in [7, 11) is -8.81. The Kier molecular flexibility index (Phi) is 6.25. The highest BCUT2D eigenvalue weighted by atomic mass is 31.2. The van der Waals surface area contributed by atoms with Crippen molar-refractivity contribution in [3.63, 3.8) is 0 Å². The highest BCUT2D eigenvalue weighted by Gasteiger charge is 2.34. The molecule has 0 heterocycles. The first kappa shape index (κ1) is 18.6. The fraction of sp³-hybridized carbons (Fsp3) is 1.00. The van der Waals surface area contributed by atoms with Gasteiger partial charge in [0.25, 0.3) is 0 Å². The van der Waals surface area contributed by atoms with Gasteiger partial charge in [-0.1, -0.05) is 0 Å². The largest absolute Gasteiger partial charge is 0.469 e. The second kappa shape index (κ2) is 7.41. The van der Waals surface area contributed by atoms with Crippen LogP contribution in [0.1, 0.15) is 51.4 Å². The minimum Gasteiger partial charge on any atom is -0.303 e. The molecule has 0 aliphatic heterocycles. The van der Waals surface area contributed by atoms with E-state index in [9.17, 15) is 9.13 Å². The second-order valence-electron chi connectivity index (χ2n) is 6.27. The maximum absolute atomic E-state index is 10.8. The molecule has 0 unspecified atom stereocenters. The molecule has 0 aromatic rings. The molecule has 0 amide bonds. The van der Waals surface area contributed by atoms with Crippen LogP contribution in [-0.4, -0.2) is 31.8 Å². The van der Waals surface area contributed by atoms with Gasteiger partial charge in [-0.25, -0.2) is 9.13 Å². The van der Waals surface area contributed by atoms with Gasteiger partial charge in [0, 0.05) is 0 Å². The molecule has 0 atom stereocenters. The molecule has 0 aromatic heterocycles. The van der Waals surface area contributed by atoms with Gasteiger partial charge in [-0.3, -0.25) is 9.05 Å². The van der Waals surface area contributed by atoms with Crippen LogP contribution in [-0.2, 0) is 18.2 Å². The Hall–Kier alpha value is 0.220. The van der Waals surface area contributed by atoms with Crippen molar-refractivity contribution >= 4 is 15.6 Å². The molecule has 4 N–H and O–H groups in total. The van der Waals surface area contributed by atoms with Gasteiger partial charge in [0.2, 0.25) is 0 Å². The normalized spacial score (nSPS) is 34.5. The third kappa shape index (κ3) is 6.38. The number of hydrogen-bond acceptors (Lipinski definition) is 4. The van der Waals surface area contributed by atoms with E-state index in [1.165, 1.54) is 0 Å². The molecule has 10 heteroatoms. The van der Waals surface area contributed by atoms with Crippen LogP contribution in [0.5, 0.6) is 0 Å². The van der Waals surface area contributed by atoms with Crippen molar-refractivity contribution in [1.29, 1.82) is 0 Å². The van der Waals surface area contributed by atoms with E-state index in [4.69, 9.17) is 28.6 Å². The van der Waals surface area contributed by atoms with E-state index in [1.54, 1.807) is 0 Å². The van der Waals surface area contributed by atoms with Crippen molar-refractivity contribution in [2.24, 2.45) is 11.8 Å². The molecule has 2 rings (SSSR count). The standard InChI is InChI=1S/C12H24O8P2/c13-21(14,15)19-11-5-1-9(2-6-11)10-3-7-12(8-4-10)20-22(16,17)18/h9-12H,1-8H2,(H2,13,14,15)(H2,16,17,18). The van der Waals surface area contributed by atoms with Crippen LogP contribution in [0, 0.1) is 11.8 Å². The summed E-state index contributed by atoms with van der Waals surface area (Å²) in [6.07, 6.45) is 5.35. The number of phosphoric acid groups is 2. The molecule has 0 spiro atoms. The van der Waals surface area contributed by atoms with Gasteiger partial charge in [-0.2, -0.15) is 0 Å². The average Bonchev–Trinajstić information content (AvgIpc) is 2.37. The minimum absolute atomic E-state index is 0.369. The average molecular weight is 358 g/mol. The lowest BCUT2D eigenvalue weighted by Gasteiger charge is -2.37. The van der Waals surface area contributed by atoms with E-state index in [-0.39, 0.29) is 12.2 Å². The van der Waals surface area contributed by atoms with Crippen LogP contribution >= 0.6 is 15.6 Å². The molecular formula is C12H24O8P2. The Morgan fingerprint density at radius 2 is 0.864 bits per heavy atom. The van der Waals surface area contributed by atoms with Gasteiger partial charge < -0.3 is 19.6 Å². The lowest BCUT2D eigenvalue weighted by molar-refractivity contribution is 0.0473. The summed E-state index contributed by atoms with van der Waals surface area (Å²) in [6.45, 7) is 0. The van der Waals surface area contributed by atoms with Crippen LogP contribution in [0.15, 0.2) is 0 Å². The molecule has 0 saturated heterocycles. The third-order valence-corrected chi connectivity index (χ3v) is 5.82. The fourth-order valence-corrected chi connectivity index (χ4v) is 4.92. The molecule has 2 saturated carbocycles. The van der Waals surface area contributed by atoms with Crippen LogP contribution in [0.2, 0.25) is 0 Å². The van der Waals surface area contributed by atoms with Crippen molar-refractivity contribution in [1.82, 2.24) is 0 Å². The van der Waals surface area contributed by atoms with Crippen molar-refractivity contribution in [3.8, 4) is 0 Å². The number of rotatable bonds is 5. The summed E-state index contributed by atoms with van der Waals surface area (Å²) in [5.74, 6) is 0.986. The van der Waals surface area contributed by atoms with E-state index < -0.39 is 15.6 Å². The molecule has 130 valence electrons. The Balaban J connectivity index is 1.73. The topological polar surface area (TPSA) is 134 Å². The molecule has 2 fully saturated rings. The zero-order valence-electron chi connectivity index (χ0n) is 12.3. The smallest absolute Gasteiger partial charge is 0.303 e. The second-order valence-corrected chi connectivity index (χ2v) is 8.65. The molecule has 0 bridgehead atoms. The van der Waals surface area contributed by atoms with E-state index in [0.717, 1.165) is 25.7 Å². The monoisotopic (exact) mass is 358 g/mol. The van der Waals surface area contributed by atoms with Crippen LogP contribution in [0.25, 0.3) is 0 Å². The Bertz CT molecular complexity index is 400. The first-order valence-corrected chi connectivity index (χ1v) is 10.7. The van der Waals surface area contributed by atoms with Crippen molar-refractivity contribution in [2.45, 2.75) is 63.6 Å². The first-order valence-electron chi connectivity index (χ1n) is 7.60. The van der Waals surface area contributed by atoms with Crippen LogP contribution < -0.4 is 0 Å². The summed E-state index contributed by atoms with van der Waals surface area (Å²) in [6, 6.07) is 0. The number of phosphoric ester groups is 2. The summed E-state index contributed by atoms with van der Waals surface area (Å²) in [4.78, 5) is 35.3. The van der Waals surface area contributed by atoms with Crippen LogP contribution in [0.3, 0.4) is 0 Å². The van der Waals surface area contributed by atoms with Gasteiger partial charge in [0.1, 0.15) is 0 Å². The molecule has 22 heavy (non-hydrogen) atoms. The predicted molar refractivity (Wildman–Crippen MR) is 77.8 cm³/mol. The van der Waals surface area contributed by atoms with Gasteiger partial charge in [-0.05, 0) is 63.2 Å². The molecule has 2 aliphatic rings. The van der Waals surface area contributed by atoms with Crippen molar-refractivity contribution in [3.05, 3.63) is 0 Å². The SMILES string of the molecule is O=P(O)(O)OC1CCC(C2CCC(OP(=O)(O)O)CC2)CC1. The molecule has 2 aliphatic carbocycles. The van der Waals surface area contributed by atoms with E-state index >= 15 is 0 Å². The van der Waals surface area contributed by atoms with Gasteiger partial charge in [0.15, 0.2) is 0 Å². The van der Waals surface area contributed by atoms with Gasteiger partial charge in [-0.15, -0.1) is 0 Å². The van der Waals surface area contributed by atoms with Gasteiger partial charge >= 0.3 is 15.6 Å². The summed E-state index contributed by atoms with van der Waals surface area (Å²) in [5, 5.41) is 0. The number of hydrogen-bond donors (Lipinski definition) is 4. The van der Waals surface area contributed by atoms with E-state index in [2.05, 4.69) is 0 Å².